The van der Waals surface area contributed by atoms with Crippen molar-refractivity contribution in [1.29, 1.82) is 0 Å². The summed E-state index contributed by atoms with van der Waals surface area (Å²) in [5.41, 5.74) is 1.10. The fraction of sp³-hybridized carbons (Fsp3) is 0.588. The number of aromatic hydroxyl groups is 2. The predicted octanol–water partition coefficient (Wildman–Crippen LogP) is 2.20. The van der Waals surface area contributed by atoms with Gasteiger partial charge in [-0.05, 0) is 38.8 Å². The summed E-state index contributed by atoms with van der Waals surface area (Å²) in [5, 5.41) is 19.7. The fourth-order valence-electron chi connectivity index (χ4n) is 3.28. The van der Waals surface area contributed by atoms with E-state index in [4.69, 9.17) is 9.47 Å². The van der Waals surface area contributed by atoms with Gasteiger partial charge in [0.25, 0.3) is 0 Å². The van der Waals surface area contributed by atoms with Crippen molar-refractivity contribution in [2.24, 2.45) is 0 Å². The van der Waals surface area contributed by atoms with Gasteiger partial charge in [-0.3, -0.25) is 4.90 Å². The van der Waals surface area contributed by atoms with Crippen LogP contribution in [0.15, 0.2) is 12.1 Å². The number of phenolic OH excluding ortho intramolecular Hbond substituents is 2. The maximum atomic E-state index is 12.5. The Morgan fingerprint density at radius 3 is 2.74 bits per heavy atom. The summed E-state index contributed by atoms with van der Waals surface area (Å²) in [7, 11) is 0. The smallest absolute Gasteiger partial charge is 0.410 e. The van der Waals surface area contributed by atoms with Crippen LogP contribution in [-0.4, -0.2) is 52.1 Å². The van der Waals surface area contributed by atoms with Gasteiger partial charge in [0.05, 0.1) is 18.8 Å². The van der Waals surface area contributed by atoms with Crippen molar-refractivity contribution in [1.82, 2.24) is 4.90 Å². The second-order valence-corrected chi connectivity index (χ2v) is 7.13. The number of morpholine rings is 1. The van der Waals surface area contributed by atoms with Gasteiger partial charge in [0.1, 0.15) is 5.60 Å². The molecule has 6 nitrogen and oxygen atoms in total. The molecule has 126 valence electrons. The standard InChI is InChI=1S/C17H23NO5/c1-17(2,3)23-16(21)18-6-7-22-14-9-11-10(8-12(14)18)4-5-13(19)15(11)20/h4-5,12,14,19-20H,6-9H2,1-3H3/t12-,14-/m1/s1. The van der Waals surface area contributed by atoms with Crippen molar-refractivity contribution in [3.05, 3.63) is 23.3 Å². The number of rotatable bonds is 0. The number of carbonyl (C=O) groups excluding carboxylic acids is 1. The summed E-state index contributed by atoms with van der Waals surface area (Å²) < 4.78 is 11.3. The first-order chi connectivity index (χ1) is 10.8. The summed E-state index contributed by atoms with van der Waals surface area (Å²) in [6, 6.07) is 3.16. The highest BCUT2D eigenvalue weighted by atomic mass is 16.6. The lowest BCUT2D eigenvalue weighted by molar-refractivity contribution is -0.0783. The summed E-state index contributed by atoms with van der Waals surface area (Å²) in [6.45, 7) is 6.48. The van der Waals surface area contributed by atoms with E-state index in [-0.39, 0.29) is 29.7 Å². The van der Waals surface area contributed by atoms with Crippen LogP contribution in [0, 0.1) is 0 Å². The average molecular weight is 321 g/mol. The lowest BCUT2D eigenvalue weighted by Gasteiger charge is -2.44. The molecule has 0 saturated carbocycles. The number of fused-ring (bicyclic) bond motifs is 2. The molecule has 2 N–H and O–H groups in total. The molecule has 0 radical (unpaired) electrons. The minimum Gasteiger partial charge on any atom is -0.504 e. The lowest BCUT2D eigenvalue weighted by atomic mass is 9.84. The Hall–Kier alpha value is -1.95. The van der Waals surface area contributed by atoms with Crippen LogP contribution in [0.5, 0.6) is 11.5 Å². The molecule has 23 heavy (non-hydrogen) atoms. The molecule has 1 amide bonds. The number of hydrogen-bond donors (Lipinski definition) is 2. The molecule has 2 aliphatic rings. The van der Waals surface area contributed by atoms with Gasteiger partial charge in [-0.15, -0.1) is 0 Å². The number of phenols is 2. The zero-order valence-electron chi connectivity index (χ0n) is 13.7. The summed E-state index contributed by atoms with van der Waals surface area (Å²) in [5.74, 6) is -0.207. The first-order valence-electron chi connectivity index (χ1n) is 7.90. The summed E-state index contributed by atoms with van der Waals surface area (Å²) in [6.07, 6.45) is 0.519. The van der Waals surface area contributed by atoms with Crippen LogP contribution in [0.3, 0.4) is 0 Å². The van der Waals surface area contributed by atoms with Gasteiger partial charge >= 0.3 is 6.09 Å². The SMILES string of the molecule is CC(C)(C)OC(=O)N1CCO[C@@H]2Cc3c(ccc(O)c3O)C[C@H]21. The molecule has 1 fully saturated rings. The predicted molar refractivity (Wildman–Crippen MR) is 83.6 cm³/mol. The van der Waals surface area contributed by atoms with E-state index >= 15 is 0 Å². The third-order valence-corrected chi connectivity index (χ3v) is 4.31. The number of benzene rings is 1. The first kappa shape index (κ1) is 15.9. The Balaban J connectivity index is 1.85. The molecule has 0 unspecified atom stereocenters. The van der Waals surface area contributed by atoms with Gasteiger partial charge in [-0.25, -0.2) is 4.79 Å². The number of ether oxygens (including phenoxy) is 2. The number of carbonyl (C=O) groups is 1. The Bertz CT molecular complexity index is 622. The number of nitrogens with zero attached hydrogens (tertiary/aromatic N) is 1. The van der Waals surface area contributed by atoms with Crippen molar-refractivity contribution in [3.8, 4) is 11.5 Å². The average Bonchev–Trinajstić information content (AvgIpc) is 2.47. The lowest BCUT2D eigenvalue weighted by Crippen LogP contribution is -2.57. The quantitative estimate of drug-likeness (QED) is 0.716. The van der Waals surface area contributed by atoms with Crippen molar-refractivity contribution in [3.63, 3.8) is 0 Å². The van der Waals surface area contributed by atoms with E-state index < -0.39 is 5.60 Å². The fourth-order valence-corrected chi connectivity index (χ4v) is 3.28. The third kappa shape index (κ3) is 3.08. The summed E-state index contributed by atoms with van der Waals surface area (Å²) >= 11 is 0. The monoisotopic (exact) mass is 321 g/mol. The molecule has 0 aromatic heterocycles. The van der Waals surface area contributed by atoms with Gasteiger partial charge in [0.2, 0.25) is 0 Å². The topological polar surface area (TPSA) is 79.2 Å². The molecular weight excluding hydrogens is 298 g/mol. The Kier molecular flexibility index (Phi) is 3.88. The molecule has 1 saturated heterocycles. The zero-order chi connectivity index (χ0) is 16.8. The number of amides is 1. The van der Waals surface area contributed by atoms with Crippen LogP contribution < -0.4 is 0 Å². The van der Waals surface area contributed by atoms with Gasteiger partial charge in [-0.2, -0.15) is 0 Å². The van der Waals surface area contributed by atoms with Crippen LogP contribution in [-0.2, 0) is 22.3 Å². The van der Waals surface area contributed by atoms with Crippen molar-refractivity contribution in [2.45, 2.75) is 51.4 Å². The zero-order valence-corrected chi connectivity index (χ0v) is 13.7. The third-order valence-electron chi connectivity index (χ3n) is 4.31. The Morgan fingerprint density at radius 2 is 2.04 bits per heavy atom. The molecule has 1 heterocycles. The van der Waals surface area contributed by atoms with E-state index in [0.29, 0.717) is 31.6 Å². The minimum atomic E-state index is -0.540. The van der Waals surface area contributed by atoms with Gasteiger partial charge in [0, 0.05) is 18.5 Å². The van der Waals surface area contributed by atoms with E-state index in [1.165, 1.54) is 6.07 Å². The Morgan fingerprint density at radius 1 is 1.30 bits per heavy atom. The van der Waals surface area contributed by atoms with E-state index in [1.54, 1.807) is 11.0 Å². The molecule has 0 spiro atoms. The molecule has 1 aliphatic carbocycles. The second kappa shape index (κ2) is 5.60. The maximum absolute atomic E-state index is 12.5. The molecule has 6 heteroatoms. The van der Waals surface area contributed by atoms with E-state index in [0.717, 1.165) is 5.56 Å². The van der Waals surface area contributed by atoms with Gasteiger partial charge < -0.3 is 19.7 Å². The van der Waals surface area contributed by atoms with Crippen LogP contribution in [0.25, 0.3) is 0 Å². The van der Waals surface area contributed by atoms with Crippen molar-refractivity contribution in [2.75, 3.05) is 13.2 Å². The highest BCUT2D eigenvalue weighted by Crippen LogP contribution is 2.38. The number of hydrogen-bond acceptors (Lipinski definition) is 5. The molecule has 0 bridgehead atoms. The second-order valence-electron chi connectivity index (χ2n) is 7.13. The molecule has 2 atom stereocenters. The highest BCUT2D eigenvalue weighted by Gasteiger charge is 2.41. The van der Waals surface area contributed by atoms with Gasteiger partial charge in [0.15, 0.2) is 11.5 Å². The summed E-state index contributed by atoms with van der Waals surface area (Å²) in [4.78, 5) is 14.2. The largest absolute Gasteiger partial charge is 0.504 e. The normalized spacial score (nSPS) is 23.9. The van der Waals surface area contributed by atoms with Crippen LogP contribution in [0.4, 0.5) is 4.79 Å². The van der Waals surface area contributed by atoms with E-state index in [1.807, 2.05) is 20.8 Å². The molecule has 1 aliphatic heterocycles. The van der Waals surface area contributed by atoms with Gasteiger partial charge in [-0.1, -0.05) is 6.07 Å². The van der Waals surface area contributed by atoms with E-state index in [2.05, 4.69) is 0 Å². The van der Waals surface area contributed by atoms with Crippen LogP contribution >= 0.6 is 0 Å². The van der Waals surface area contributed by atoms with Crippen molar-refractivity contribution < 1.29 is 24.5 Å². The van der Waals surface area contributed by atoms with Crippen LogP contribution in [0.1, 0.15) is 31.9 Å². The molecule has 1 aromatic carbocycles. The molecule has 1 aromatic rings. The Labute approximate surface area is 135 Å². The van der Waals surface area contributed by atoms with E-state index in [9.17, 15) is 15.0 Å². The highest BCUT2D eigenvalue weighted by molar-refractivity contribution is 5.69. The van der Waals surface area contributed by atoms with Crippen LogP contribution in [0.2, 0.25) is 0 Å². The minimum absolute atomic E-state index is 0.0843. The maximum Gasteiger partial charge on any atom is 0.410 e. The molecular formula is C17H23NO5. The van der Waals surface area contributed by atoms with Crippen molar-refractivity contribution >= 4 is 6.09 Å². The first-order valence-corrected chi connectivity index (χ1v) is 7.90. The molecule has 3 rings (SSSR count).